The number of thiazole rings is 1. The summed E-state index contributed by atoms with van der Waals surface area (Å²) in [6.45, 7) is 11.6. The van der Waals surface area contributed by atoms with Crippen molar-refractivity contribution in [2.45, 2.75) is 71.7 Å². The fourth-order valence-corrected chi connectivity index (χ4v) is 4.75. The molecule has 32 heavy (non-hydrogen) atoms. The van der Waals surface area contributed by atoms with E-state index in [0.29, 0.717) is 0 Å². The summed E-state index contributed by atoms with van der Waals surface area (Å²) in [6.07, 6.45) is -0.541. The zero-order valence-electron chi connectivity index (χ0n) is 19.7. The van der Waals surface area contributed by atoms with Gasteiger partial charge in [-0.15, -0.1) is 11.3 Å². The highest BCUT2D eigenvalue weighted by atomic mass is 32.1. The normalized spacial score (nSPS) is 20.3. The molecule has 0 radical (unpaired) electrons. The third-order valence-electron chi connectivity index (χ3n) is 6.11. The first-order valence-electron chi connectivity index (χ1n) is 10.9. The summed E-state index contributed by atoms with van der Waals surface area (Å²) >= 11 is 1.60. The van der Waals surface area contributed by atoms with Crippen molar-refractivity contribution in [3.05, 3.63) is 41.0 Å². The van der Waals surface area contributed by atoms with Crippen LogP contribution in [0.5, 0.6) is 0 Å². The number of amides is 2. The molecule has 2 amide bonds. The predicted molar refractivity (Wildman–Crippen MR) is 127 cm³/mol. The van der Waals surface area contributed by atoms with Crippen LogP contribution in [0, 0.1) is 12.3 Å². The first-order chi connectivity index (χ1) is 14.8. The van der Waals surface area contributed by atoms with Gasteiger partial charge in [-0.1, -0.05) is 45.0 Å². The first-order valence-corrected chi connectivity index (χ1v) is 11.8. The van der Waals surface area contributed by atoms with Crippen LogP contribution in [0.2, 0.25) is 0 Å². The van der Waals surface area contributed by atoms with Crippen molar-refractivity contribution >= 4 is 23.2 Å². The van der Waals surface area contributed by atoms with Gasteiger partial charge in [-0.2, -0.15) is 0 Å². The molecule has 3 atom stereocenters. The molecule has 1 fully saturated rings. The number of benzene rings is 1. The Labute approximate surface area is 194 Å². The molecule has 0 unspecified atom stereocenters. The molecule has 1 aromatic carbocycles. The minimum Gasteiger partial charge on any atom is -0.391 e. The van der Waals surface area contributed by atoms with Crippen LogP contribution in [0.25, 0.3) is 10.4 Å². The van der Waals surface area contributed by atoms with E-state index >= 15 is 0 Å². The van der Waals surface area contributed by atoms with E-state index in [9.17, 15) is 14.7 Å². The fraction of sp³-hybridized carbons (Fsp3) is 0.542. The van der Waals surface area contributed by atoms with Crippen LogP contribution in [0.15, 0.2) is 29.8 Å². The van der Waals surface area contributed by atoms with Crippen LogP contribution < -0.4 is 11.1 Å². The second-order valence-corrected chi connectivity index (χ2v) is 11.1. The number of nitrogens with one attached hydrogen (secondary N) is 1. The number of nitrogens with zero attached hydrogens (tertiary/aromatic N) is 2. The zero-order valence-corrected chi connectivity index (χ0v) is 20.5. The van der Waals surface area contributed by atoms with Gasteiger partial charge < -0.3 is 21.1 Å². The SMILES string of the molecule is Cc1ncsc1-c1ccc(C(C)(C)NC(=O)[C@@H]2C[C@@H](O)CN2C(=O)[C@@H](N)C(C)(C)C)cc1. The quantitative estimate of drug-likeness (QED) is 0.638. The third kappa shape index (κ3) is 5.03. The van der Waals surface area contributed by atoms with Crippen LogP contribution in [-0.2, 0) is 15.1 Å². The van der Waals surface area contributed by atoms with E-state index in [4.69, 9.17) is 5.73 Å². The van der Waals surface area contributed by atoms with Crippen molar-refractivity contribution < 1.29 is 14.7 Å². The zero-order chi connectivity index (χ0) is 23.8. The molecular formula is C24H34N4O3S. The molecule has 7 nitrogen and oxygen atoms in total. The first kappa shape index (κ1) is 24.4. The summed E-state index contributed by atoms with van der Waals surface area (Å²) in [5, 5.41) is 13.3. The molecule has 174 valence electrons. The predicted octanol–water partition coefficient (Wildman–Crippen LogP) is 2.81. The van der Waals surface area contributed by atoms with Crippen molar-refractivity contribution in [1.29, 1.82) is 0 Å². The number of hydrogen-bond donors (Lipinski definition) is 3. The lowest BCUT2D eigenvalue weighted by molar-refractivity contribution is -0.141. The van der Waals surface area contributed by atoms with Gasteiger partial charge in [0, 0.05) is 13.0 Å². The Kier molecular flexibility index (Phi) is 6.79. The van der Waals surface area contributed by atoms with E-state index in [-0.39, 0.29) is 24.8 Å². The highest BCUT2D eigenvalue weighted by Crippen LogP contribution is 2.30. The van der Waals surface area contributed by atoms with Gasteiger partial charge in [0.25, 0.3) is 0 Å². The lowest BCUT2D eigenvalue weighted by atomic mass is 9.86. The van der Waals surface area contributed by atoms with Gasteiger partial charge in [-0.25, -0.2) is 4.98 Å². The van der Waals surface area contributed by atoms with Gasteiger partial charge in [0.1, 0.15) is 6.04 Å². The van der Waals surface area contributed by atoms with Crippen molar-refractivity contribution in [3.63, 3.8) is 0 Å². The van der Waals surface area contributed by atoms with E-state index < -0.39 is 29.1 Å². The Balaban J connectivity index is 1.75. The van der Waals surface area contributed by atoms with Crippen LogP contribution >= 0.6 is 11.3 Å². The number of aromatic nitrogens is 1. The molecule has 1 aliphatic heterocycles. The van der Waals surface area contributed by atoms with E-state index in [0.717, 1.165) is 21.7 Å². The van der Waals surface area contributed by atoms with Crippen molar-refractivity contribution in [3.8, 4) is 10.4 Å². The van der Waals surface area contributed by atoms with E-state index in [2.05, 4.69) is 10.3 Å². The number of β-amino-alcohol motifs (C(OH)–C–C–N with tert-alkyl or cyclic N) is 1. The Morgan fingerprint density at radius 2 is 1.84 bits per heavy atom. The van der Waals surface area contributed by atoms with Gasteiger partial charge in [0.15, 0.2) is 0 Å². The van der Waals surface area contributed by atoms with Gasteiger partial charge >= 0.3 is 0 Å². The van der Waals surface area contributed by atoms with Crippen molar-refractivity contribution in [2.24, 2.45) is 11.1 Å². The fourth-order valence-electron chi connectivity index (χ4n) is 3.94. The summed E-state index contributed by atoms with van der Waals surface area (Å²) in [5.74, 6) is -0.598. The van der Waals surface area contributed by atoms with Crippen molar-refractivity contribution in [1.82, 2.24) is 15.2 Å². The minimum absolute atomic E-state index is 0.115. The Hall–Kier alpha value is -2.29. The van der Waals surface area contributed by atoms with Crippen LogP contribution in [0.1, 0.15) is 52.3 Å². The summed E-state index contributed by atoms with van der Waals surface area (Å²) in [5.41, 5.74) is 9.91. The minimum atomic E-state index is -0.751. The van der Waals surface area contributed by atoms with Gasteiger partial charge in [-0.05, 0) is 37.3 Å². The number of aryl methyl sites for hydroxylation is 1. The average molecular weight is 459 g/mol. The van der Waals surface area contributed by atoms with Crippen LogP contribution in [-0.4, -0.2) is 51.5 Å². The summed E-state index contributed by atoms with van der Waals surface area (Å²) in [6, 6.07) is 6.55. The molecule has 1 aliphatic rings. The molecule has 0 bridgehead atoms. The molecular weight excluding hydrogens is 424 g/mol. The smallest absolute Gasteiger partial charge is 0.243 e. The molecule has 0 spiro atoms. The summed E-state index contributed by atoms with van der Waals surface area (Å²) in [7, 11) is 0. The summed E-state index contributed by atoms with van der Waals surface area (Å²) < 4.78 is 0. The second kappa shape index (κ2) is 8.92. The molecule has 8 heteroatoms. The monoisotopic (exact) mass is 458 g/mol. The van der Waals surface area contributed by atoms with Gasteiger partial charge in [0.2, 0.25) is 11.8 Å². The lowest BCUT2D eigenvalue weighted by Crippen LogP contribution is -2.56. The molecule has 1 aromatic heterocycles. The Morgan fingerprint density at radius 1 is 1.22 bits per heavy atom. The van der Waals surface area contributed by atoms with E-state index in [1.807, 2.05) is 71.3 Å². The lowest BCUT2D eigenvalue weighted by Gasteiger charge is -2.34. The topological polar surface area (TPSA) is 109 Å². The number of hydrogen-bond acceptors (Lipinski definition) is 6. The molecule has 1 saturated heterocycles. The standard InChI is InChI=1S/C24H34N4O3S/c1-14-19(32-13-26-14)15-7-9-16(10-8-15)24(5,6)27-21(30)18-11-17(29)12-28(18)22(31)20(25)23(2,3)4/h7-10,13,17-18,20,29H,11-12,25H2,1-6H3,(H,27,30)/t17-,18+,20-/m1/s1. The molecule has 4 N–H and O–H groups in total. The number of carbonyl (C=O) groups excluding carboxylic acids is 2. The molecule has 2 aromatic rings. The molecule has 0 aliphatic carbocycles. The third-order valence-corrected chi connectivity index (χ3v) is 7.09. The number of nitrogens with two attached hydrogens (primary N) is 1. The number of carbonyl (C=O) groups is 2. The summed E-state index contributed by atoms with van der Waals surface area (Å²) in [4.78, 5) is 33.0. The average Bonchev–Trinajstić information content (AvgIpc) is 3.31. The van der Waals surface area contributed by atoms with Crippen LogP contribution in [0.4, 0.5) is 0 Å². The number of likely N-dealkylation sites (tertiary alicyclic amines) is 1. The van der Waals surface area contributed by atoms with E-state index in [1.54, 1.807) is 11.3 Å². The maximum absolute atomic E-state index is 13.2. The molecule has 0 saturated carbocycles. The maximum Gasteiger partial charge on any atom is 0.243 e. The highest BCUT2D eigenvalue weighted by Gasteiger charge is 2.43. The number of aliphatic hydroxyl groups excluding tert-OH is 1. The van der Waals surface area contributed by atoms with Crippen molar-refractivity contribution in [2.75, 3.05) is 6.54 Å². The maximum atomic E-state index is 13.2. The molecule has 3 rings (SSSR count). The van der Waals surface area contributed by atoms with Gasteiger partial charge in [-0.3, -0.25) is 9.59 Å². The number of rotatable bonds is 5. The van der Waals surface area contributed by atoms with E-state index in [1.165, 1.54) is 4.90 Å². The number of aliphatic hydroxyl groups is 1. The molecule has 2 heterocycles. The largest absolute Gasteiger partial charge is 0.391 e. The van der Waals surface area contributed by atoms with Crippen LogP contribution in [0.3, 0.4) is 0 Å². The Morgan fingerprint density at radius 3 is 2.38 bits per heavy atom. The Bertz CT molecular complexity index is 978. The van der Waals surface area contributed by atoms with Gasteiger partial charge in [0.05, 0.1) is 33.8 Å². The second-order valence-electron chi connectivity index (χ2n) is 10.2. The highest BCUT2D eigenvalue weighted by molar-refractivity contribution is 7.13.